The second-order valence-electron chi connectivity index (χ2n) is 6.00. The number of hydrogen-bond acceptors (Lipinski definition) is 4. The molecular weight excluding hydrogens is 337 g/mol. The van der Waals surface area contributed by atoms with Crippen LogP contribution in [0.2, 0.25) is 0 Å². The quantitative estimate of drug-likeness (QED) is 0.868. The molecule has 0 atom stereocenters. The van der Waals surface area contributed by atoms with Gasteiger partial charge in [0.2, 0.25) is 0 Å². The van der Waals surface area contributed by atoms with Crippen molar-refractivity contribution in [2.45, 2.75) is 50.7 Å². The van der Waals surface area contributed by atoms with Crippen molar-refractivity contribution in [2.75, 3.05) is 13.2 Å². The van der Waals surface area contributed by atoms with E-state index in [4.69, 9.17) is 9.47 Å². The average molecular weight is 360 g/mol. The number of halogens is 3. The largest absolute Gasteiger partial charge is 0.445 e. The predicted octanol–water partition coefficient (Wildman–Crippen LogP) is 3.35. The third-order valence-electron chi connectivity index (χ3n) is 4.26. The van der Waals surface area contributed by atoms with Crippen LogP contribution < -0.4 is 10.6 Å². The maximum absolute atomic E-state index is 11.8. The highest BCUT2D eigenvalue weighted by molar-refractivity contribution is 5.67. The topological polar surface area (TPSA) is 59.6 Å². The molecule has 1 saturated carbocycles. The lowest BCUT2D eigenvalue weighted by atomic mass is 9.88. The number of hydrogen-bond donors (Lipinski definition) is 2. The molecule has 1 saturated heterocycles. The van der Waals surface area contributed by atoms with Crippen LogP contribution in [0.15, 0.2) is 30.3 Å². The molecule has 1 aliphatic carbocycles. The molecule has 1 spiro atoms. The SMILES string of the molecule is FC(F)F.O=C(NC1CCC2(CC1)NCCO2)OCc1ccccc1. The van der Waals surface area contributed by atoms with Crippen molar-refractivity contribution in [3.63, 3.8) is 0 Å². The van der Waals surface area contributed by atoms with Gasteiger partial charge in [-0.25, -0.2) is 4.79 Å². The first-order chi connectivity index (χ1) is 12.0. The van der Waals surface area contributed by atoms with Gasteiger partial charge in [0.15, 0.2) is 0 Å². The van der Waals surface area contributed by atoms with Crippen LogP contribution in [0.3, 0.4) is 0 Å². The Morgan fingerprint density at radius 1 is 1.28 bits per heavy atom. The van der Waals surface area contributed by atoms with Crippen LogP contribution in [0.1, 0.15) is 31.2 Å². The lowest BCUT2D eigenvalue weighted by Crippen LogP contribution is -2.49. The number of nitrogens with one attached hydrogen (secondary N) is 2. The van der Waals surface area contributed by atoms with Crippen LogP contribution in [-0.4, -0.2) is 37.7 Å². The van der Waals surface area contributed by atoms with E-state index in [1.807, 2.05) is 30.3 Å². The molecule has 1 aliphatic heterocycles. The van der Waals surface area contributed by atoms with Gasteiger partial charge in [0, 0.05) is 12.6 Å². The molecule has 0 unspecified atom stereocenters. The summed E-state index contributed by atoms with van der Waals surface area (Å²) in [6.45, 7) is -1.64. The molecule has 140 valence electrons. The first-order valence-electron chi connectivity index (χ1n) is 8.27. The molecule has 0 bridgehead atoms. The molecule has 2 aliphatic rings. The van der Waals surface area contributed by atoms with E-state index in [2.05, 4.69) is 10.6 Å². The lowest BCUT2D eigenvalue weighted by molar-refractivity contribution is -0.0438. The fraction of sp³-hybridized carbons (Fsp3) is 0.588. The van der Waals surface area contributed by atoms with Gasteiger partial charge in [0.05, 0.1) is 6.61 Å². The van der Waals surface area contributed by atoms with Crippen molar-refractivity contribution in [1.82, 2.24) is 10.6 Å². The van der Waals surface area contributed by atoms with Crippen molar-refractivity contribution in [2.24, 2.45) is 0 Å². The Hall–Kier alpha value is -1.80. The molecule has 0 aromatic heterocycles. The molecule has 2 fully saturated rings. The molecule has 1 heterocycles. The maximum atomic E-state index is 11.8. The van der Waals surface area contributed by atoms with E-state index < -0.39 is 6.68 Å². The van der Waals surface area contributed by atoms with Gasteiger partial charge in [-0.3, -0.25) is 5.32 Å². The Kier molecular flexibility index (Phi) is 7.52. The first-order valence-corrected chi connectivity index (χ1v) is 8.27. The molecule has 0 radical (unpaired) electrons. The van der Waals surface area contributed by atoms with Crippen molar-refractivity contribution >= 4 is 6.09 Å². The summed E-state index contributed by atoms with van der Waals surface area (Å²) < 4.78 is 40.0. The fourth-order valence-corrected chi connectivity index (χ4v) is 3.06. The van der Waals surface area contributed by atoms with Gasteiger partial charge in [0.1, 0.15) is 12.3 Å². The summed E-state index contributed by atoms with van der Waals surface area (Å²) in [4.78, 5) is 11.8. The molecule has 25 heavy (non-hydrogen) atoms. The normalized spacial score (nSPS) is 25.4. The van der Waals surface area contributed by atoms with Crippen LogP contribution in [0.4, 0.5) is 18.0 Å². The van der Waals surface area contributed by atoms with Crippen LogP contribution in [-0.2, 0) is 16.1 Å². The summed E-state index contributed by atoms with van der Waals surface area (Å²) in [5, 5.41) is 6.38. The standard InChI is InChI=1S/C16H22N2O3.CHF3/c19-15(20-12-13-4-2-1-3-5-13)18-14-6-8-16(9-7-14)17-10-11-21-16;2-1(3)4/h1-5,14,17H,6-12H2,(H,18,19);1H. The third kappa shape index (κ3) is 6.91. The smallest absolute Gasteiger partial charge is 0.407 e. The van der Waals surface area contributed by atoms with Gasteiger partial charge in [0.25, 0.3) is 0 Å². The average Bonchev–Trinajstić information content (AvgIpc) is 3.04. The summed E-state index contributed by atoms with van der Waals surface area (Å²) in [6.07, 6.45) is 3.40. The van der Waals surface area contributed by atoms with E-state index >= 15 is 0 Å². The van der Waals surface area contributed by atoms with Crippen LogP contribution in [0.25, 0.3) is 0 Å². The number of ether oxygens (including phenoxy) is 2. The van der Waals surface area contributed by atoms with E-state index in [0.717, 1.165) is 44.4 Å². The molecule has 1 amide bonds. The zero-order valence-corrected chi connectivity index (χ0v) is 13.8. The van der Waals surface area contributed by atoms with Crippen LogP contribution >= 0.6 is 0 Å². The summed E-state index contributed by atoms with van der Waals surface area (Å²) in [5.74, 6) is 0. The summed E-state index contributed by atoms with van der Waals surface area (Å²) in [5.41, 5.74) is 0.866. The number of carbonyl (C=O) groups excluding carboxylic acids is 1. The van der Waals surface area contributed by atoms with E-state index in [0.29, 0.717) is 6.61 Å². The van der Waals surface area contributed by atoms with Crippen LogP contribution in [0, 0.1) is 0 Å². The summed E-state index contributed by atoms with van der Waals surface area (Å²) in [6, 6.07) is 9.89. The van der Waals surface area contributed by atoms with Crippen LogP contribution in [0.5, 0.6) is 0 Å². The molecule has 8 heteroatoms. The monoisotopic (exact) mass is 360 g/mol. The Bertz CT molecular complexity index is 512. The predicted molar refractivity (Wildman–Crippen MR) is 85.8 cm³/mol. The summed E-state index contributed by atoms with van der Waals surface area (Å²) >= 11 is 0. The minimum Gasteiger partial charge on any atom is -0.445 e. The highest BCUT2D eigenvalue weighted by Crippen LogP contribution is 2.31. The number of benzene rings is 1. The first kappa shape index (κ1) is 19.5. The Labute approximate surface area is 144 Å². The molecule has 2 N–H and O–H groups in total. The van der Waals surface area contributed by atoms with Crippen molar-refractivity contribution < 1.29 is 27.4 Å². The van der Waals surface area contributed by atoms with E-state index in [9.17, 15) is 18.0 Å². The highest BCUT2D eigenvalue weighted by atomic mass is 19.4. The zero-order chi connectivity index (χ0) is 18.1. The van der Waals surface area contributed by atoms with Crippen molar-refractivity contribution in [1.29, 1.82) is 0 Å². The number of alkyl halides is 3. The number of amides is 1. The third-order valence-corrected chi connectivity index (χ3v) is 4.26. The van der Waals surface area contributed by atoms with Crippen molar-refractivity contribution in [3.05, 3.63) is 35.9 Å². The molecule has 1 aromatic carbocycles. The summed E-state index contributed by atoms with van der Waals surface area (Å²) in [7, 11) is 0. The van der Waals surface area contributed by atoms with Gasteiger partial charge >= 0.3 is 12.8 Å². The molecule has 5 nitrogen and oxygen atoms in total. The van der Waals surface area contributed by atoms with Gasteiger partial charge in [-0.2, -0.15) is 13.2 Å². The van der Waals surface area contributed by atoms with Crippen molar-refractivity contribution in [3.8, 4) is 0 Å². The Morgan fingerprint density at radius 2 is 1.92 bits per heavy atom. The number of carbonyl (C=O) groups is 1. The van der Waals surface area contributed by atoms with Gasteiger partial charge < -0.3 is 14.8 Å². The van der Waals surface area contributed by atoms with Gasteiger partial charge in [-0.15, -0.1) is 0 Å². The van der Waals surface area contributed by atoms with Gasteiger partial charge in [-0.1, -0.05) is 30.3 Å². The minimum atomic E-state index is -3.67. The minimum absolute atomic E-state index is 0.133. The Balaban J connectivity index is 0.000000511. The van der Waals surface area contributed by atoms with E-state index in [1.165, 1.54) is 0 Å². The Morgan fingerprint density at radius 3 is 2.48 bits per heavy atom. The fourth-order valence-electron chi connectivity index (χ4n) is 3.06. The van der Waals surface area contributed by atoms with E-state index in [1.54, 1.807) is 0 Å². The number of rotatable bonds is 3. The lowest BCUT2D eigenvalue weighted by Gasteiger charge is -2.36. The maximum Gasteiger partial charge on any atom is 0.407 e. The van der Waals surface area contributed by atoms with Gasteiger partial charge in [-0.05, 0) is 31.2 Å². The zero-order valence-electron chi connectivity index (χ0n) is 13.8. The second-order valence-corrected chi connectivity index (χ2v) is 6.00. The highest BCUT2D eigenvalue weighted by Gasteiger charge is 2.38. The molecule has 3 rings (SSSR count). The number of alkyl carbamates (subject to hydrolysis) is 1. The van der Waals surface area contributed by atoms with E-state index in [-0.39, 0.29) is 17.9 Å². The molecule has 1 aromatic rings. The molecular formula is C17H23F3N2O3. The second kappa shape index (κ2) is 9.62.